The van der Waals surface area contributed by atoms with Crippen molar-refractivity contribution < 1.29 is 4.79 Å². The van der Waals surface area contributed by atoms with Gasteiger partial charge in [0.15, 0.2) is 0 Å². The van der Waals surface area contributed by atoms with Crippen molar-refractivity contribution >= 4 is 17.5 Å². The number of carbonyl (C=O) groups excluding carboxylic acids is 1. The van der Waals surface area contributed by atoms with E-state index in [1.807, 2.05) is 39.1 Å². The summed E-state index contributed by atoms with van der Waals surface area (Å²) < 4.78 is 0. The van der Waals surface area contributed by atoms with Crippen molar-refractivity contribution in [2.24, 2.45) is 5.41 Å². The van der Waals surface area contributed by atoms with Gasteiger partial charge in [-0.15, -0.1) is 11.6 Å². The van der Waals surface area contributed by atoms with Gasteiger partial charge in [0.2, 0.25) is 5.91 Å². The molecule has 0 aliphatic carbocycles. The summed E-state index contributed by atoms with van der Waals surface area (Å²) in [4.78, 5) is 13.9. The lowest BCUT2D eigenvalue weighted by Crippen LogP contribution is -2.40. The minimum Gasteiger partial charge on any atom is -0.345 e. The number of benzene rings is 1. The molecule has 1 amide bonds. The monoisotopic (exact) mass is 267 g/mol. The molecule has 2 nitrogen and oxygen atoms in total. The van der Waals surface area contributed by atoms with E-state index in [1.165, 1.54) is 5.56 Å². The lowest BCUT2D eigenvalue weighted by Gasteiger charge is -2.27. The predicted octanol–water partition coefficient (Wildman–Crippen LogP) is 3.34. The third-order valence-corrected chi connectivity index (χ3v) is 3.73. The summed E-state index contributed by atoms with van der Waals surface area (Å²) in [5, 5.41) is 0. The Bertz CT molecular complexity index is 375. The second kappa shape index (κ2) is 6.79. The summed E-state index contributed by atoms with van der Waals surface area (Å²) in [6, 6.07) is 10.3. The quantitative estimate of drug-likeness (QED) is 0.724. The Morgan fingerprint density at radius 2 is 1.89 bits per heavy atom. The first-order valence-corrected chi connectivity index (χ1v) is 6.86. The molecule has 0 radical (unpaired) electrons. The van der Waals surface area contributed by atoms with E-state index in [2.05, 4.69) is 12.1 Å². The first-order valence-electron chi connectivity index (χ1n) is 6.33. The first kappa shape index (κ1) is 15.0. The van der Waals surface area contributed by atoms with Crippen LogP contribution in [-0.4, -0.2) is 30.3 Å². The molecule has 0 atom stereocenters. The summed E-state index contributed by atoms with van der Waals surface area (Å²) in [5.41, 5.74) is 0.846. The van der Waals surface area contributed by atoms with Crippen LogP contribution in [0.2, 0.25) is 0 Å². The molecular weight excluding hydrogens is 246 g/mol. The fraction of sp³-hybridized carbons (Fsp3) is 0.533. The molecule has 3 heteroatoms. The molecule has 0 bridgehead atoms. The normalized spacial score (nSPS) is 11.3. The lowest BCUT2D eigenvalue weighted by atomic mass is 9.94. The van der Waals surface area contributed by atoms with Crippen LogP contribution in [0.3, 0.4) is 0 Å². The Hall–Kier alpha value is -1.02. The Kier molecular flexibility index (Phi) is 5.67. The maximum atomic E-state index is 12.1. The molecule has 1 aromatic rings. The Balaban J connectivity index is 2.38. The number of hydrogen-bond donors (Lipinski definition) is 0. The van der Waals surface area contributed by atoms with Gasteiger partial charge in [-0.3, -0.25) is 4.79 Å². The number of alkyl halides is 1. The molecule has 0 unspecified atom stereocenters. The molecule has 1 aromatic carbocycles. The molecule has 100 valence electrons. The van der Waals surface area contributed by atoms with Crippen LogP contribution in [0.5, 0.6) is 0 Å². The van der Waals surface area contributed by atoms with E-state index >= 15 is 0 Å². The molecule has 0 aliphatic heterocycles. The van der Waals surface area contributed by atoms with Gasteiger partial charge < -0.3 is 4.90 Å². The van der Waals surface area contributed by atoms with Crippen LogP contribution in [0, 0.1) is 5.41 Å². The molecule has 0 saturated carbocycles. The summed E-state index contributed by atoms with van der Waals surface area (Å²) in [6.45, 7) is 4.54. The highest BCUT2D eigenvalue weighted by atomic mass is 35.5. The van der Waals surface area contributed by atoms with Crippen LogP contribution in [0.4, 0.5) is 0 Å². The zero-order chi connectivity index (χ0) is 13.6. The summed E-state index contributed by atoms with van der Waals surface area (Å²) in [5.74, 6) is 0.472. The largest absolute Gasteiger partial charge is 0.345 e. The van der Waals surface area contributed by atoms with Crippen molar-refractivity contribution in [3.8, 4) is 0 Å². The van der Waals surface area contributed by atoms with Gasteiger partial charge in [0, 0.05) is 19.5 Å². The highest BCUT2D eigenvalue weighted by molar-refractivity contribution is 6.19. The highest BCUT2D eigenvalue weighted by Gasteiger charge is 2.29. The molecule has 0 N–H and O–H groups in total. The second-order valence-electron chi connectivity index (χ2n) is 5.33. The number of aryl methyl sites for hydroxylation is 1. The van der Waals surface area contributed by atoms with E-state index < -0.39 is 5.41 Å². The smallest absolute Gasteiger partial charge is 0.229 e. The van der Waals surface area contributed by atoms with Crippen molar-refractivity contribution in [2.75, 3.05) is 19.5 Å². The Labute approximate surface area is 115 Å². The Morgan fingerprint density at radius 1 is 1.28 bits per heavy atom. The lowest BCUT2D eigenvalue weighted by molar-refractivity contribution is -0.137. The van der Waals surface area contributed by atoms with Crippen molar-refractivity contribution in [1.29, 1.82) is 0 Å². The van der Waals surface area contributed by atoms with Gasteiger partial charge in [0.25, 0.3) is 0 Å². The third-order valence-electron chi connectivity index (χ3n) is 3.06. The van der Waals surface area contributed by atoms with Gasteiger partial charge in [-0.2, -0.15) is 0 Å². The molecular formula is C15H22ClNO. The summed E-state index contributed by atoms with van der Waals surface area (Å²) in [6.07, 6.45) is 1.98. The molecule has 0 saturated heterocycles. The van der Waals surface area contributed by atoms with Crippen molar-refractivity contribution in [3.63, 3.8) is 0 Å². The van der Waals surface area contributed by atoms with E-state index in [0.717, 1.165) is 19.4 Å². The average Bonchev–Trinajstić information content (AvgIpc) is 2.39. The zero-order valence-electron chi connectivity index (χ0n) is 11.4. The number of carbonyl (C=O) groups is 1. The van der Waals surface area contributed by atoms with Crippen LogP contribution in [-0.2, 0) is 11.2 Å². The van der Waals surface area contributed by atoms with Crippen LogP contribution in [0.15, 0.2) is 30.3 Å². The van der Waals surface area contributed by atoms with Crippen LogP contribution >= 0.6 is 11.6 Å². The maximum absolute atomic E-state index is 12.1. The minimum atomic E-state index is -0.469. The van der Waals surface area contributed by atoms with Gasteiger partial charge in [-0.25, -0.2) is 0 Å². The molecule has 0 aliphatic rings. The van der Waals surface area contributed by atoms with Crippen molar-refractivity contribution in [2.45, 2.75) is 26.7 Å². The average molecular weight is 268 g/mol. The fourth-order valence-electron chi connectivity index (χ4n) is 1.84. The van der Waals surface area contributed by atoms with Crippen molar-refractivity contribution in [1.82, 2.24) is 4.90 Å². The highest BCUT2D eigenvalue weighted by Crippen LogP contribution is 2.20. The zero-order valence-corrected chi connectivity index (χ0v) is 12.2. The molecule has 0 aromatic heterocycles. The molecule has 1 rings (SSSR count). The summed E-state index contributed by atoms with van der Waals surface area (Å²) in [7, 11) is 1.85. The van der Waals surface area contributed by atoms with E-state index in [-0.39, 0.29) is 5.91 Å². The van der Waals surface area contributed by atoms with E-state index in [1.54, 1.807) is 4.90 Å². The Morgan fingerprint density at radius 3 is 2.44 bits per heavy atom. The number of nitrogens with zero attached hydrogens (tertiary/aromatic N) is 1. The molecule has 0 fully saturated rings. The van der Waals surface area contributed by atoms with E-state index in [9.17, 15) is 4.79 Å². The van der Waals surface area contributed by atoms with Crippen LogP contribution < -0.4 is 0 Å². The topological polar surface area (TPSA) is 20.3 Å². The van der Waals surface area contributed by atoms with Crippen LogP contribution in [0.1, 0.15) is 25.8 Å². The molecule has 18 heavy (non-hydrogen) atoms. The number of halogens is 1. The number of amides is 1. The molecule has 0 spiro atoms. The van der Waals surface area contributed by atoms with Gasteiger partial charge >= 0.3 is 0 Å². The minimum absolute atomic E-state index is 0.116. The third kappa shape index (κ3) is 4.34. The predicted molar refractivity (Wildman–Crippen MR) is 76.9 cm³/mol. The SMILES string of the molecule is CN(CCCc1ccccc1)C(=O)C(C)(C)CCl. The second-order valence-corrected chi connectivity index (χ2v) is 5.60. The molecule has 0 heterocycles. The number of rotatable bonds is 6. The van der Waals surface area contributed by atoms with Gasteiger partial charge in [0.05, 0.1) is 5.41 Å². The van der Waals surface area contributed by atoms with Gasteiger partial charge in [0.1, 0.15) is 0 Å². The van der Waals surface area contributed by atoms with Crippen LogP contribution in [0.25, 0.3) is 0 Å². The fourth-order valence-corrected chi connectivity index (χ4v) is 1.95. The standard InChI is InChI=1S/C15H22ClNO/c1-15(2,12-16)14(18)17(3)11-7-10-13-8-5-4-6-9-13/h4-6,8-9H,7,10-12H2,1-3H3. The first-order chi connectivity index (χ1) is 8.47. The van der Waals surface area contributed by atoms with Gasteiger partial charge in [-0.1, -0.05) is 30.3 Å². The maximum Gasteiger partial charge on any atom is 0.229 e. The van der Waals surface area contributed by atoms with Gasteiger partial charge in [-0.05, 0) is 32.3 Å². The van der Waals surface area contributed by atoms with Crippen molar-refractivity contribution in [3.05, 3.63) is 35.9 Å². The van der Waals surface area contributed by atoms with E-state index in [0.29, 0.717) is 5.88 Å². The summed E-state index contributed by atoms with van der Waals surface area (Å²) >= 11 is 5.81. The van der Waals surface area contributed by atoms with E-state index in [4.69, 9.17) is 11.6 Å². The number of hydrogen-bond acceptors (Lipinski definition) is 1.